The van der Waals surface area contributed by atoms with Crippen molar-refractivity contribution in [3.63, 3.8) is 0 Å². The van der Waals surface area contributed by atoms with E-state index in [2.05, 4.69) is 42.0 Å². The molecule has 0 aliphatic carbocycles. The number of hydrogen-bond acceptors (Lipinski definition) is 3. The lowest BCUT2D eigenvalue weighted by Gasteiger charge is -2.17. The van der Waals surface area contributed by atoms with E-state index >= 15 is 0 Å². The van der Waals surface area contributed by atoms with E-state index in [-0.39, 0.29) is 0 Å². The van der Waals surface area contributed by atoms with Gasteiger partial charge in [0.05, 0.1) is 12.8 Å². The normalized spacial score (nSPS) is 11.9. The van der Waals surface area contributed by atoms with Crippen molar-refractivity contribution in [1.82, 2.24) is 10.6 Å². The quantitative estimate of drug-likeness (QED) is 0.537. The predicted molar refractivity (Wildman–Crippen MR) is 97.9 cm³/mol. The van der Waals surface area contributed by atoms with Crippen LogP contribution >= 0.6 is 11.3 Å². The monoisotopic (exact) mass is 333 g/mol. The Morgan fingerprint density at radius 3 is 2.74 bits per heavy atom. The SMILES string of the molecule is CCC(CC)CNC(=NCc1cccs1)NCCc1ccco1. The van der Waals surface area contributed by atoms with Gasteiger partial charge in [-0.1, -0.05) is 32.8 Å². The fourth-order valence-electron chi connectivity index (χ4n) is 2.31. The number of thiophene rings is 1. The minimum absolute atomic E-state index is 0.689. The molecule has 0 aromatic carbocycles. The number of nitrogens with zero attached hydrogens (tertiary/aromatic N) is 1. The van der Waals surface area contributed by atoms with Crippen LogP contribution < -0.4 is 10.6 Å². The van der Waals surface area contributed by atoms with Crippen LogP contribution in [0.25, 0.3) is 0 Å². The molecule has 2 aromatic heterocycles. The fraction of sp³-hybridized carbons (Fsp3) is 0.500. The zero-order chi connectivity index (χ0) is 16.3. The molecule has 0 spiro atoms. The Bertz CT molecular complexity index is 545. The standard InChI is InChI=1S/C18H27N3OS/c1-3-15(4-2)13-20-18(21-14-17-8-6-12-23-17)19-10-9-16-7-5-11-22-16/h5-8,11-12,15H,3-4,9-10,13-14H2,1-2H3,(H2,19,20,21). The molecule has 2 heterocycles. The maximum atomic E-state index is 5.37. The first kappa shape index (κ1) is 17.6. The predicted octanol–water partition coefficient (Wildman–Crippen LogP) is 4.06. The highest BCUT2D eigenvalue weighted by atomic mass is 32.1. The first-order chi connectivity index (χ1) is 11.3. The molecular weight excluding hydrogens is 306 g/mol. The van der Waals surface area contributed by atoms with Crippen molar-refractivity contribution in [2.45, 2.75) is 39.7 Å². The van der Waals surface area contributed by atoms with Crippen LogP contribution in [0.3, 0.4) is 0 Å². The van der Waals surface area contributed by atoms with E-state index in [1.165, 1.54) is 17.7 Å². The summed E-state index contributed by atoms with van der Waals surface area (Å²) < 4.78 is 5.37. The second-order valence-electron chi connectivity index (χ2n) is 5.56. The maximum absolute atomic E-state index is 5.37. The molecule has 2 N–H and O–H groups in total. The van der Waals surface area contributed by atoms with Crippen LogP contribution in [0.2, 0.25) is 0 Å². The van der Waals surface area contributed by atoms with Crippen LogP contribution in [0, 0.1) is 5.92 Å². The third kappa shape index (κ3) is 6.48. The highest BCUT2D eigenvalue weighted by molar-refractivity contribution is 7.09. The first-order valence-corrected chi connectivity index (χ1v) is 9.26. The second-order valence-corrected chi connectivity index (χ2v) is 6.60. The Balaban J connectivity index is 1.85. The molecule has 0 aliphatic heterocycles. The molecule has 0 amide bonds. The van der Waals surface area contributed by atoms with Gasteiger partial charge in [0.2, 0.25) is 0 Å². The fourth-order valence-corrected chi connectivity index (χ4v) is 2.94. The van der Waals surface area contributed by atoms with E-state index in [9.17, 15) is 0 Å². The van der Waals surface area contributed by atoms with E-state index < -0.39 is 0 Å². The number of nitrogens with one attached hydrogen (secondary N) is 2. The molecule has 4 nitrogen and oxygen atoms in total. The van der Waals surface area contributed by atoms with Crippen LogP contribution in [0.4, 0.5) is 0 Å². The van der Waals surface area contributed by atoms with Crippen molar-refractivity contribution < 1.29 is 4.42 Å². The molecule has 0 unspecified atom stereocenters. The summed E-state index contributed by atoms with van der Waals surface area (Å²) in [4.78, 5) is 5.98. The summed E-state index contributed by atoms with van der Waals surface area (Å²) in [5.74, 6) is 2.57. The molecule has 5 heteroatoms. The van der Waals surface area contributed by atoms with Gasteiger partial charge < -0.3 is 15.1 Å². The molecule has 0 aliphatic rings. The van der Waals surface area contributed by atoms with Crippen LogP contribution in [0.1, 0.15) is 37.3 Å². The van der Waals surface area contributed by atoms with Crippen molar-refractivity contribution in [3.8, 4) is 0 Å². The van der Waals surface area contributed by atoms with Crippen molar-refractivity contribution in [2.24, 2.45) is 10.9 Å². The molecule has 0 bridgehead atoms. The minimum atomic E-state index is 0.689. The Kier molecular flexibility index (Phi) is 7.73. The van der Waals surface area contributed by atoms with Gasteiger partial charge in [0, 0.05) is 24.4 Å². The van der Waals surface area contributed by atoms with Gasteiger partial charge in [-0.2, -0.15) is 0 Å². The molecule has 2 aromatic rings. The van der Waals surface area contributed by atoms with Gasteiger partial charge in [0.15, 0.2) is 5.96 Å². The zero-order valence-corrected chi connectivity index (χ0v) is 14.9. The average Bonchev–Trinajstić information content (AvgIpc) is 3.26. The van der Waals surface area contributed by atoms with E-state index in [1.54, 1.807) is 17.6 Å². The number of hydrogen-bond donors (Lipinski definition) is 2. The highest BCUT2D eigenvalue weighted by Crippen LogP contribution is 2.09. The van der Waals surface area contributed by atoms with Gasteiger partial charge >= 0.3 is 0 Å². The van der Waals surface area contributed by atoms with E-state index in [4.69, 9.17) is 9.41 Å². The summed E-state index contributed by atoms with van der Waals surface area (Å²) in [7, 11) is 0. The van der Waals surface area contributed by atoms with Crippen LogP contribution in [0.5, 0.6) is 0 Å². The Hall–Kier alpha value is -1.75. The van der Waals surface area contributed by atoms with Gasteiger partial charge in [0.25, 0.3) is 0 Å². The zero-order valence-electron chi connectivity index (χ0n) is 14.0. The first-order valence-electron chi connectivity index (χ1n) is 8.38. The Morgan fingerprint density at radius 2 is 2.09 bits per heavy atom. The third-order valence-electron chi connectivity index (χ3n) is 3.93. The summed E-state index contributed by atoms with van der Waals surface area (Å²) >= 11 is 1.74. The number of aliphatic imine (C=N–C) groups is 1. The van der Waals surface area contributed by atoms with Crippen molar-refractivity contribution in [3.05, 3.63) is 46.5 Å². The summed E-state index contributed by atoms with van der Waals surface area (Å²) in [6.45, 7) is 6.97. The van der Waals surface area contributed by atoms with Crippen molar-refractivity contribution >= 4 is 17.3 Å². The second kappa shape index (κ2) is 10.1. The average molecular weight is 334 g/mol. The van der Waals surface area contributed by atoms with E-state index in [1.807, 2.05) is 12.1 Å². The molecule has 126 valence electrons. The van der Waals surface area contributed by atoms with Gasteiger partial charge in [-0.3, -0.25) is 0 Å². The molecule has 2 rings (SSSR count). The van der Waals surface area contributed by atoms with Gasteiger partial charge in [0.1, 0.15) is 5.76 Å². The molecule has 0 fully saturated rings. The topological polar surface area (TPSA) is 49.6 Å². The maximum Gasteiger partial charge on any atom is 0.191 e. The van der Waals surface area contributed by atoms with Crippen LogP contribution in [0.15, 0.2) is 45.3 Å². The smallest absolute Gasteiger partial charge is 0.191 e. The van der Waals surface area contributed by atoms with E-state index in [0.29, 0.717) is 5.92 Å². The summed E-state index contributed by atoms with van der Waals surface area (Å²) in [5, 5.41) is 8.97. The Labute approximate surface area is 143 Å². The lowest BCUT2D eigenvalue weighted by atomic mass is 10.0. The van der Waals surface area contributed by atoms with Gasteiger partial charge in [-0.15, -0.1) is 11.3 Å². The minimum Gasteiger partial charge on any atom is -0.469 e. The molecule has 23 heavy (non-hydrogen) atoms. The number of rotatable bonds is 9. The van der Waals surface area contributed by atoms with Gasteiger partial charge in [-0.05, 0) is 29.5 Å². The number of furan rings is 1. The molecule has 0 saturated heterocycles. The summed E-state index contributed by atoms with van der Waals surface area (Å²) in [5.41, 5.74) is 0. The molecule has 0 radical (unpaired) electrons. The highest BCUT2D eigenvalue weighted by Gasteiger charge is 2.06. The molecule has 0 atom stereocenters. The summed E-state index contributed by atoms with van der Waals surface area (Å²) in [6, 6.07) is 8.11. The third-order valence-corrected chi connectivity index (χ3v) is 4.79. The number of guanidine groups is 1. The lowest BCUT2D eigenvalue weighted by molar-refractivity contribution is 0.479. The van der Waals surface area contributed by atoms with Crippen molar-refractivity contribution in [1.29, 1.82) is 0 Å². The van der Waals surface area contributed by atoms with Gasteiger partial charge in [-0.25, -0.2) is 4.99 Å². The van der Waals surface area contributed by atoms with Crippen LogP contribution in [-0.2, 0) is 13.0 Å². The molecule has 0 saturated carbocycles. The lowest BCUT2D eigenvalue weighted by Crippen LogP contribution is -2.40. The largest absolute Gasteiger partial charge is 0.469 e. The van der Waals surface area contributed by atoms with E-state index in [0.717, 1.165) is 37.8 Å². The Morgan fingerprint density at radius 1 is 1.22 bits per heavy atom. The van der Waals surface area contributed by atoms with Crippen LogP contribution in [-0.4, -0.2) is 19.0 Å². The summed E-state index contributed by atoms with van der Waals surface area (Å²) in [6.07, 6.45) is 4.95. The molecular formula is C18H27N3OS. The van der Waals surface area contributed by atoms with Crippen molar-refractivity contribution in [2.75, 3.05) is 13.1 Å².